The third-order valence-corrected chi connectivity index (χ3v) is 4.01. The molecule has 0 spiro atoms. The molecule has 0 saturated heterocycles. The average Bonchev–Trinajstić information content (AvgIpc) is 3.06. The molecule has 0 aliphatic rings. The van der Waals surface area contributed by atoms with E-state index in [2.05, 4.69) is 10.6 Å². The molecule has 0 fully saturated rings. The van der Waals surface area contributed by atoms with Crippen molar-refractivity contribution < 1.29 is 9.59 Å². The van der Waals surface area contributed by atoms with E-state index in [1.807, 2.05) is 48.0 Å². The fraction of sp³-hybridized carbons (Fsp3) is 0.294. The first-order valence-electron chi connectivity index (χ1n) is 7.31. The molecule has 0 unspecified atom stereocenters. The molecule has 2 aromatic rings. The van der Waals surface area contributed by atoms with Crippen molar-refractivity contribution in [2.45, 2.75) is 25.8 Å². The van der Waals surface area contributed by atoms with Crippen molar-refractivity contribution in [3.8, 4) is 0 Å². The highest BCUT2D eigenvalue weighted by molar-refractivity contribution is 7.08. The predicted octanol–water partition coefficient (Wildman–Crippen LogP) is 3.14. The van der Waals surface area contributed by atoms with E-state index >= 15 is 0 Å². The Bertz CT molecular complexity index is 596. The Kier molecular flexibility index (Phi) is 6.15. The lowest BCUT2D eigenvalue weighted by Gasteiger charge is -2.14. The molecule has 0 aliphatic carbocycles. The van der Waals surface area contributed by atoms with Gasteiger partial charge in [-0.25, -0.2) is 0 Å². The van der Waals surface area contributed by atoms with Gasteiger partial charge in [0.25, 0.3) is 5.91 Å². The Morgan fingerprint density at radius 2 is 1.95 bits per heavy atom. The minimum atomic E-state index is -0.0840. The van der Waals surface area contributed by atoms with Crippen molar-refractivity contribution in [1.29, 1.82) is 0 Å². The van der Waals surface area contributed by atoms with Crippen LogP contribution in [0.15, 0.2) is 47.2 Å². The maximum atomic E-state index is 11.9. The summed E-state index contributed by atoms with van der Waals surface area (Å²) in [7, 11) is 0. The van der Waals surface area contributed by atoms with Crippen LogP contribution in [0.25, 0.3) is 0 Å². The average molecular weight is 316 g/mol. The first-order valence-corrected chi connectivity index (χ1v) is 8.26. The molecular weight excluding hydrogens is 296 g/mol. The summed E-state index contributed by atoms with van der Waals surface area (Å²) in [5.41, 5.74) is 1.76. The zero-order valence-corrected chi connectivity index (χ0v) is 13.4. The number of benzene rings is 1. The number of amides is 2. The molecule has 116 valence electrons. The summed E-state index contributed by atoms with van der Waals surface area (Å²) in [5.74, 6) is -0.0829. The van der Waals surface area contributed by atoms with Gasteiger partial charge in [0.05, 0.1) is 6.04 Å². The molecule has 0 aliphatic heterocycles. The fourth-order valence-corrected chi connectivity index (χ4v) is 2.72. The molecule has 2 rings (SSSR count). The van der Waals surface area contributed by atoms with E-state index in [-0.39, 0.29) is 17.9 Å². The van der Waals surface area contributed by atoms with Crippen LogP contribution in [-0.2, 0) is 4.79 Å². The Morgan fingerprint density at radius 3 is 2.64 bits per heavy atom. The zero-order chi connectivity index (χ0) is 15.8. The highest BCUT2D eigenvalue weighted by Gasteiger charge is 2.09. The second-order valence-corrected chi connectivity index (χ2v) is 5.85. The van der Waals surface area contributed by atoms with Crippen molar-refractivity contribution in [2.75, 3.05) is 6.54 Å². The van der Waals surface area contributed by atoms with E-state index in [1.54, 1.807) is 6.07 Å². The van der Waals surface area contributed by atoms with Gasteiger partial charge < -0.3 is 10.6 Å². The molecule has 2 N–H and O–H groups in total. The lowest BCUT2D eigenvalue weighted by atomic mass is 10.1. The van der Waals surface area contributed by atoms with Crippen molar-refractivity contribution in [3.63, 3.8) is 0 Å². The van der Waals surface area contributed by atoms with E-state index in [9.17, 15) is 9.59 Å². The number of hydrogen-bond donors (Lipinski definition) is 2. The summed E-state index contributed by atoms with van der Waals surface area (Å²) in [6.07, 6.45) is 1.03. The molecule has 22 heavy (non-hydrogen) atoms. The summed E-state index contributed by atoms with van der Waals surface area (Å²) in [6, 6.07) is 11.6. The lowest BCUT2D eigenvalue weighted by Crippen LogP contribution is -2.28. The summed E-state index contributed by atoms with van der Waals surface area (Å²) in [5, 5.41) is 9.45. The smallest absolute Gasteiger partial charge is 0.252 e. The minimum absolute atomic E-state index is 0.00105. The van der Waals surface area contributed by atoms with Crippen LogP contribution >= 0.6 is 11.3 Å². The molecule has 0 saturated carbocycles. The van der Waals surface area contributed by atoms with Gasteiger partial charge in [-0.15, -0.1) is 0 Å². The summed E-state index contributed by atoms with van der Waals surface area (Å²) in [4.78, 5) is 23.6. The standard InChI is InChI=1S/C17H20N2O2S/c1-13(14-6-3-2-4-7-14)19-16(20)8-5-10-18-17(21)15-9-11-22-12-15/h2-4,6-7,9,11-13H,5,8,10H2,1H3,(H,18,21)(H,19,20)/t13-/m1/s1. The number of rotatable bonds is 7. The van der Waals surface area contributed by atoms with Gasteiger partial charge in [0, 0.05) is 23.9 Å². The molecule has 0 radical (unpaired) electrons. The third kappa shape index (κ3) is 5.00. The van der Waals surface area contributed by atoms with E-state index in [4.69, 9.17) is 0 Å². The number of nitrogens with one attached hydrogen (secondary N) is 2. The second kappa shape index (κ2) is 8.34. The summed E-state index contributed by atoms with van der Waals surface area (Å²) >= 11 is 1.49. The van der Waals surface area contributed by atoms with Crippen LogP contribution in [0.3, 0.4) is 0 Å². The van der Waals surface area contributed by atoms with Crippen LogP contribution in [0, 0.1) is 0 Å². The van der Waals surface area contributed by atoms with Gasteiger partial charge >= 0.3 is 0 Å². The maximum absolute atomic E-state index is 11.9. The molecule has 1 aromatic carbocycles. The number of carbonyl (C=O) groups is 2. The van der Waals surface area contributed by atoms with E-state index in [0.717, 1.165) is 5.56 Å². The van der Waals surface area contributed by atoms with Gasteiger partial charge in [0.15, 0.2) is 0 Å². The number of carbonyl (C=O) groups excluding carboxylic acids is 2. The topological polar surface area (TPSA) is 58.2 Å². The van der Waals surface area contributed by atoms with Crippen LogP contribution in [0.5, 0.6) is 0 Å². The summed E-state index contributed by atoms with van der Waals surface area (Å²) in [6.45, 7) is 2.47. The Balaban J connectivity index is 1.65. The Labute approximate surface area is 134 Å². The molecule has 1 atom stereocenters. The normalized spacial score (nSPS) is 11.7. The quantitative estimate of drug-likeness (QED) is 0.771. The van der Waals surface area contributed by atoms with Gasteiger partial charge in [-0.1, -0.05) is 30.3 Å². The molecule has 2 amide bonds. The number of thiophene rings is 1. The molecule has 4 nitrogen and oxygen atoms in total. The zero-order valence-electron chi connectivity index (χ0n) is 12.5. The predicted molar refractivity (Wildman–Crippen MR) is 88.9 cm³/mol. The summed E-state index contributed by atoms with van der Waals surface area (Å²) < 4.78 is 0. The van der Waals surface area contributed by atoms with Gasteiger partial charge in [-0.2, -0.15) is 11.3 Å². The van der Waals surface area contributed by atoms with Crippen LogP contribution in [0.4, 0.5) is 0 Å². The van der Waals surface area contributed by atoms with Crippen LogP contribution < -0.4 is 10.6 Å². The van der Waals surface area contributed by atoms with Gasteiger partial charge in [-0.05, 0) is 30.4 Å². The molecule has 0 bridgehead atoms. The van der Waals surface area contributed by atoms with Gasteiger partial charge in [0.2, 0.25) is 5.91 Å². The Hall–Kier alpha value is -2.14. The van der Waals surface area contributed by atoms with Crippen molar-refractivity contribution in [2.24, 2.45) is 0 Å². The van der Waals surface area contributed by atoms with Crippen molar-refractivity contribution >= 4 is 23.2 Å². The maximum Gasteiger partial charge on any atom is 0.252 e. The monoisotopic (exact) mass is 316 g/mol. The minimum Gasteiger partial charge on any atom is -0.352 e. The van der Waals surface area contributed by atoms with E-state index in [1.165, 1.54) is 11.3 Å². The molecule has 1 aromatic heterocycles. The van der Waals surface area contributed by atoms with Crippen molar-refractivity contribution in [3.05, 3.63) is 58.3 Å². The molecule has 1 heterocycles. The highest BCUT2D eigenvalue weighted by atomic mass is 32.1. The fourth-order valence-electron chi connectivity index (χ4n) is 2.09. The van der Waals surface area contributed by atoms with Crippen LogP contribution in [0.2, 0.25) is 0 Å². The van der Waals surface area contributed by atoms with E-state index < -0.39 is 0 Å². The molecule has 5 heteroatoms. The first-order chi connectivity index (χ1) is 10.7. The highest BCUT2D eigenvalue weighted by Crippen LogP contribution is 2.11. The first kappa shape index (κ1) is 16.2. The van der Waals surface area contributed by atoms with Gasteiger partial charge in [0.1, 0.15) is 0 Å². The van der Waals surface area contributed by atoms with Gasteiger partial charge in [-0.3, -0.25) is 9.59 Å². The lowest BCUT2D eigenvalue weighted by molar-refractivity contribution is -0.121. The van der Waals surface area contributed by atoms with E-state index in [0.29, 0.717) is 24.9 Å². The Morgan fingerprint density at radius 1 is 1.18 bits per heavy atom. The number of hydrogen-bond acceptors (Lipinski definition) is 3. The second-order valence-electron chi connectivity index (χ2n) is 5.07. The van der Waals surface area contributed by atoms with Crippen molar-refractivity contribution in [1.82, 2.24) is 10.6 Å². The third-order valence-electron chi connectivity index (χ3n) is 3.33. The SMILES string of the molecule is C[C@@H](NC(=O)CCCNC(=O)c1ccsc1)c1ccccc1. The van der Waals surface area contributed by atoms with Crippen LogP contribution in [-0.4, -0.2) is 18.4 Å². The largest absolute Gasteiger partial charge is 0.352 e. The van der Waals surface area contributed by atoms with Crippen LogP contribution in [0.1, 0.15) is 41.7 Å². The molecular formula is C17H20N2O2S.